The first kappa shape index (κ1) is 14.7. The Kier molecular flexibility index (Phi) is 4.54. The van der Waals surface area contributed by atoms with Crippen molar-refractivity contribution in [1.82, 2.24) is 10.2 Å². The van der Waals surface area contributed by atoms with Gasteiger partial charge in [-0.2, -0.15) is 0 Å². The van der Waals surface area contributed by atoms with Crippen molar-refractivity contribution < 1.29 is 4.79 Å². The summed E-state index contributed by atoms with van der Waals surface area (Å²) < 4.78 is 0. The molecule has 1 aliphatic rings. The van der Waals surface area contributed by atoms with Crippen LogP contribution in [-0.4, -0.2) is 35.8 Å². The van der Waals surface area contributed by atoms with Crippen LogP contribution >= 0.6 is 0 Å². The molecule has 0 spiro atoms. The molecule has 4 heteroatoms. The molecule has 0 bridgehead atoms. The Hall–Kier alpha value is -1.32. The average molecular weight is 251 g/mol. The van der Waals surface area contributed by atoms with Crippen LogP contribution in [0.15, 0.2) is 16.8 Å². The number of aliphatic imine (C=N–C) groups is 1. The van der Waals surface area contributed by atoms with E-state index < -0.39 is 5.54 Å². The van der Waals surface area contributed by atoms with Crippen LogP contribution in [-0.2, 0) is 4.79 Å². The fourth-order valence-corrected chi connectivity index (χ4v) is 2.08. The van der Waals surface area contributed by atoms with Crippen molar-refractivity contribution >= 4 is 11.7 Å². The van der Waals surface area contributed by atoms with Crippen LogP contribution in [0.1, 0.15) is 41.0 Å². The maximum atomic E-state index is 12.2. The highest BCUT2D eigenvalue weighted by atomic mass is 16.2. The summed E-state index contributed by atoms with van der Waals surface area (Å²) in [5.41, 5.74) is 0.265. The first-order valence-electron chi connectivity index (χ1n) is 6.57. The van der Waals surface area contributed by atoms with Crippen LogP contribution in [0, 0.1) is 5.92 Å². The number of nitrogens with one attached hydrogen (secondary N) is 1. The molecule has 0 aromatic rings. The highest BCUT2D eigenvalue weighted by Gasteiger charge is 2.41. The molecule has 1 amide bonds. The zero-order valence-electron chi connectivity index (χ0n) is 12.4. The Morgan fingerprint density at radius 2 is 2.06 bits per heavy atom. The second kappa shape index (κ2) is 5.55. The third-order valence-corrected chi connectivity index (χ3v) is 3.41. The number of hydrogen-bond donors (Lipinski definition) is 1. The molecule has 1 rings (SSSR count). The Labute approximate surface area is 110 Å². The highest BCUT2D eigenvalue weighted by molar-refractivity contribution is 6.08. The van der Waals surface area contributed by atoms with Gasteiger partial charge in [0.25, 0.3) is 0 Å². The normalized spacial score (nSPS) is 23.9. The quantitative estimate of drug-likeness (QED) is 0.835. The SMILES string of the molecule is CC=C1NC(=O)C(C)(C)N(CCC(C)C)C1=NC. The van der Waals surface area contributed by atoms with Crippen molar-refractivity contribution in [2.75, 3.05) is 13.6 Å². The number of carbonyl (C=O) groups excluding carboxylic acids is 1. The molecule has 0 saturated carbocycles. The first-order valence-corrected chi connectivity index (χ1v) is 6.57. The number of hydrogen-bond acceptors (Lipinski definition) is 2. The lowest BCUT2D eigenvalue weighted by Crippen LogP contribution is -2.63. The van der Waals surface area contributed by atoms with Crippen molar-refractivity contribution in [3.63, 3.8) is 0 Å². The lowest BCUT2D eigenvalue weighted by molar-refractivity contribution is -0.129. The fourth-order valence-electron chi connectivity index (χ4n) is 2.08. The number of nitrogens with zero attached hydrogens (tertiary/aromatic N) is 2. The van der Waals surface area contributed by atoms with Gasteiger partial charge in [-0.25, -0.2) is 0 Å². The number of piperazine rings is 1. The lowest BCUT2D eigenvalue weighted by atomic mass is 9.95. The molecular formula is C14H25N3O. The molecule has 0 aliphatic carbocycles. The van der Waals surface area contributed by atoms with Crippen molar-refractivity contribution in [2.45, 2.75) is 46.6 Å². The summed E-state index contributed by atoms with van der Waals surface area (Å²) in [5.74, 6) is 1.52. The number of rotatable bonds is 3. The van der Waals surface area contributed by atoms with Gasteiger partial charge in [-0.15, -0.1) is 0 Å². The van der Waals surface area contributed by atoms with E-state index >= 15 is 0 Å². The first-order chi connectivity index (χ1) is 8.34. The summed E-state index contributed by atoms with van der Waals surface area (Å²) >= 11 is 0. The van der Waals surface area contributed by atoms with Crippen LogP contribution in [0.3, 0.4) is 0 Å². The van der Waals surface area contributed by atoms with Gasteiger partial charge in [0.05, 0.1) is 5.70 Å². The molecule has 18 heavy (non-hydrogen) atoms. The molecular weight excluding hydrogens is 226 g/mol. The maximum Gasteiger partial charge on any atom is 0.249 e. The molecule has 0 aromatic heterocycles. The molecule has 102 valence electrons. The van der Waals surface area contributed by atoms with Gasteiger partial charge >= 0.3 is 0 Å². The van der Waals surface area contributed by atoms with Gasteiger partial charge in [0, 0.05) is 13.6 Å². The number of allylic oxidation sites excluding steroid dienone is 1. The standard InChI is InChI=1S/C14H25N3O/c1-7-11-12(15-6)17(9-8-10(2)3)14(4,5)13(18)16-11/h7,10H,8-9H2,1-6H3,(H,16,18). The third kappa shape index (κ3) is 2.74. The third-order valence-electron chi connectivity index (χ3n) is 3.41. The van der Waals surface area contributed by atoms with Crippen LogP contribution in [0.4, 0.5) is 0 Å². The summed E-state index contributed by atoms with van der Waals surface area (Å²) in [5, 5.41) is 2.92. The molecule has 0 unspecified atom stereocenters. The Balaban J connectivity index is 3.07. The van der Waals surface area contributed by atoms with E-state index in [4.69, 9.17) is 0 Å². The lowest BCUT2D eigenvalue weighted by Gasteiger charge is -2.44. The largest absolute Gasteiger partial charge is 0.341 e. The van der Waals surface area contributed by atoms with Crippen LogP contribution in [0.5, 0.6) is 0 Å². The second-order valence-corrected chi connectivity index (χ2v) is 5.60. The van der Waals surface area contributed by atoms with Crippen LogP contribution in [0.2, 0.25) is 0 Å². The fraction of sp³-hybridized carbons (Fsp3) is 0.714. The van der Waals surface area contributed by atoms with Crippen LogP contribution < -0.4 is 5.32 Å². The van der Waals surface area contributed by atoms with Gasteiger partial charge in [-0.05, 0) is 33.1 Å². The highest BCUT2D eigenvalue weighted by Crippen LogP contribution is 2.24. The molecule has 1 aliphatic heterocycles. The van der Waals surface area contributed by atoms with Gasteiger partial charge in [-0.1, -0.05) is 19.9 Å². The minimum atomic E-state index is -0.545. The summed E-state index contributed by atoms with van der Waals surface area (Å²) in [7, 11) is 1.77. The number of carbonyl (C=O) groups is 1. The molecule has 1 fully saturated rings. The molecule has 1 heterocycles. The summed E-state index contributed by atoms with van der Waals surface area (Å²) in [6, 6.07) is 0. The molecule has 0 atom stereocenters. The van der Waals surface area contributed by atoms with Crippen molar-refractivity contribution in [3.8, 4) is 0 Å². The zero-order chi connectivity index (χ0) is 13.9. The van der Waals surface area contributed by atoms with E-state index in [-0.39, 0.29) is 5.91 Å². The van der Waals surface area contributed by atoms with Crippen molar-refractivity contribution in [3.05, 3.63) is 11.8 Å². The van der Waals surface area contributed by atoms with E-state index in [1.54, 1.807) is 7.05 Å². The zero-order valence-corrected chi connectivity index (χ0v) is 12.4. The average Bonchev–Trinajstić information content (AvgIpc) is 2.29. The van der Waals surface area contributed by atoms with E-state index in [1.165, 1.54) is 0 Å². The maximum absolute atomic E-state index is 12.2. The van der Waals surface area contributed by atoms with Crippen molar-refractivity contribution in [1.29, 1.82) is 0 Å². The monoisotopic (exact) mass is 251 g/mol. The topological polar surface area (TPSA) is 44.7 Å². The summed E-state index contributed by atoms with van der Waals surface area (Å²) in [6.45, 7) is 11.0. The Bertz CT molecular complexity index is 381. The predicted molar refractivity (Wildman–Crippen MR) is 75.5 cm³/mol. The van der Waals surface area contributed by atoms with Gasteiger partial charge < -0.3 is 10.2 Å². The number of amides is 1. The van der Waals surface area contributed by atoms with Crippen molar-refractivity contribution in [2.24, 2.45) is 10.9 Å². The predicted octanol–water partition coefficient (Wildman–Crippen LogP) is 2.17. The Morgan fingerprint density at radius 1 is 1.44 bits per heavy atom. The van der Waals surface area contributed by atoms with Gasteiger partial charge in [0.1, 0.15) is 11.4 Å². The molecule has 0 radical (unpaired) electrons. The second-order valence-electron chi connectivity index (χ2n) is 5.60. The van der Waals surface area contributed by atoms with E-state index in [9.17, 15) is 4.79 Å². The van der Waals surface area contributed by atoms with Crippen LogP contribution in [0.25, 0.3) is 0 Å². The minimum absolute atomic E-state index is 0.0340. The molecule has 4 nitrogen and oxygen atoms in total. The van der Waals surface area contributed by atoms with E-state index in [0.29, 0.717) is 5.92 Å². The summed E-state index contributed by atoms with van der Waals surface area (Å²) in [4.78, 5) is 18.6. The molecule has 0 aromatic carbocycles. The minimum Gasteiger partial charge on any atom is -0.341 e. The number of amidine groups is 1. The van der Waals surface area contributed by atoms with E-state index in [1.807, 2.05) is 26.8 Å². The molecule has 1 saturated heterocycles. The van der Waals surface area contributed by atoms with Gasteiger partial charge in [0.15, 0.2) is 0 Å². The Morgan fingerprint density at radius 3 is 2.50 bits per heavy atom. The van der Waals surface area contributed by atoms with Gasteiger partial charge in [-0.3, -0.25) is 9.79 Å². The van der Waals surface area contributed by atoms with E-state index in [0.717, 1.165) is 24.5 Å². The van der Waals surface area contributed by atoms with Gasteiger partial charge in [0.2, 0.25) is 5.91 Å². The van der Waals surface area contributed by atoms with E-state index in [2.05, 4.69) is 29.1 Å². The molecule has 1 N–H and O–H groups in total. The summed E-state index contributed by atoms with van der Waals surface area (Å²) in [6.07, 6.45) is 2.95. The smallest absolute Gasteiger partial charge is 0.249 e.